The fourth-order valence-electron chi connectivity index (χ4n) is 1.17. The van der Waals surface area contributed by atoms with Gasteiger partial charge in [0.1, 0.15) is 6.33 Å². The Kier molecular flexibility index (Phi) is 4.04. The number of halogens is 3. The van der Waals surface area contributed by atoms with Gasteiger partial charge in [0, 0.05) is 16.3 Å². The lowest BCUT2D eigenvalue weighted by Crippen LogP contribution is -2.07. The molecule has 0 aliphatic carbocycles. The van der Waals surface area contributed by atoms with Crippen LogP contribution in [0.15, 0.2) is 23.6 Å². The lowest BCUT2D eigenvalue weighted by molar-refractivity contribution is 0.846. The van der Waals surface area contributed by atoms with Gasteiger partial charge in [0.25, 0.3) is 0 Å². The van der Waals surface area contributed by atoms with Crippen molar-refractivity contribution in [2.45, 2.75) is 10.9 Å². The molecule has 1 aromatic carbocycles. The van der Waals surface area contributed by atoms with E-state index in [4.69, 9.17) is 40.6 Å². The molecule has 0 unspecified atom stereocenters. The quantitative estimate of drug-likeness (QED) is 0.537. The SMILES string of the molecule is Nn1cnnc1SCc1c(Cl)ccc(Cl)c1Cl. The van der Waals surface area contributed by atoms with E-state index in [1.807, 2.05) is 0 Å². The summed E-state index contributed by atoms with van der Waals surface area (Å²) in [5.74, 6) is 6.11. The molecule has 0 saturated heterocycles. The van der Waals surface area contributed by atoms with Crippen LogP contribution >= 0.6 is 46.6 Å². The third kappa shape index (κ3) is 2.80. The van der Waals surface area contributed by atoms with Crippen molar-refractivity contribution < 1.29 is 0 Å². The van der Waals surface area contributed by atoms with E-state index in [1.165, 1.54) is 22.8 Å². The Morgan fingerprint density at radius 3 is 2.59 bits per heavy atom. The van der Waals surface area contributed by atoms with Crippen LogP contribution < -0.4 is 5.84 Å². The van der Waals surface area contributed by atoms with E-state index in [9.17, 15) is 0 Å². The van der Waals surface area contributed by atoms with Crippen LogP contribution in [0.1, 0.15) is 5.56 Å². The van der Waals surface area contributed by atoms with Gasteiger partial charge in [-0.25, -0.2) is 4.68 Å². The first kappa shape index (κ1) is 12.8. The molecule has 2 N–H and O–H groups in total. The summed E-state index contributed by atoms with van der Waals surface area (Å²) in [6.45, 7) is 0. The number of benzene rings is 1. The average Bonchev–Trinajstić information content (AvgIpc) is 2.70. The normalized spacial score (nSPS) is 10.8. The summed E-state index contributed by atoms with van der Waals surface area (Å²) in [6, 6.07) is 3.37. The molecule has 0 spiro atoms. The number of thioether (sulfide) groups is 1. The number of nitrogens with two attached hydrogens (primary N) is 1. The minimum atomic E-state index is 0.453. The predicted molar refractivity (Wildman–Crippen MR) is 71.2 cm³/mol. The highest BCUT2D eigenvalue weighted by atomic mass is 35.5. The highest BCUT2D eigenvalue weighted by Gasteiger charge is 2.11. The molecule has 17 heavy (non-hydrogen) atoms. The molecule has 1 aromatic heterocycles. The molecule has 0 radical (unpaired) electrons. The number of hydrogen-bond donors (Lipinski definition) is 1. The Balaban J connectivity index is 2.20. The van der Waals surface area contributed by atoms with Gasteiger partial charge in [0.15, 0.2) is 0 Å². The molecule has 90 valence electrons. The lowest BCUT2D eigenvalue weighted by atomic mass is 10.2. The van der Waals surface area contributed by atoms with Gasteiger partial charge in [0.2, 0.25) is 5.16 Å². The molecular weight excluding hydrogens is 303 g/mol. The van der Waals surface area contributed by atoms with Gasteiger partial charge in [-0.15, -0.1) is 10.2 Å². The van der Waals surface area contributed by atoms with Crippen molar-refractivity contribution in [1.29, 1.82) is 0 Å². The first-order valence-electron chi connectivity index (χ1n) is 4.50. The highest BCUT2D eigenvalue weighted by Crippen LogP contribution is 2.35. The second-order valence-electron chi connectivity index (χ2n) is 3.13. The molecule has 0 bridgehead atoms. The Morgan fingerprint density at radius 1 is 1.24 bits per heavy atom. The van der Waals surface area contributed by atoms with Crippen molar-refractivity contribution in [3.05, 3.63) is 39.1 Å². The van der Waals surface area contributed by atoms with Crippen LogP contribution in [0.4, 0.5) is 0 Å². The summed E-state index contributed by atoms with van der Waals surface area (Å²) >= 11 is 19.4. The molecule has 4 nitrogen and oxygen atoms in total. The zero-order valence-corrected chi connectivity index (χ0v) is 11.5. The summed E-state index contributed by atoms with van der Waals surface area (Å²) in [6.07, 6.45) is 1.42. The van der Waals surface area contributed by atoms with Crippen molar-refractivity contribution >= 4 is 46.6 Å². The summed E-state index contributed by atoms with van der Waals surface area (Å²) in [7, 11) is 0. The van der Waals surface area contributed by atoms with Crippen LogP contribution in [0, 0.1) is 0 Å². The van der Waals surface area contributed by atoms with Gasteiger partial charge >= 0.3 is 0 Å². The molecule has 0 aliphatic heterocycles. The van der Waals surface area contributed by atoms with E-state index in [-0.39, 0.29) is 0 Å². The van der Waals surface area contributed by atoms with E-state index in [0.717, 1.165) is 5.56 Å². The smallest absolute Gasteiger partial charge is 0.209 e. The van der Waals surface area contributed by atoms with E-state index in [1.54, 1.807) is 12.1 Å². The first-order chi connectivity index (χ1) is 8.09. The van der Waals surface area contributed by atoms with Crippen molar-refractivity contribution in [1.82, 2.24) is 14.9 Å². The number of nitrogen functional groups attached to an aromatic ring is 1. The Hall–Kier alpha value is -0.620. The van der Waals surface area contributed by atoms with E-state index >= 15 is 0 Å². The zero-order valence-electron chi connectivity index (χ0n) is 8.40. The maximum Gasteiger partial charge on any atom is 0.209 e. The van der Waals surface area contributed by atoms with Crippen LogP contribution in [0.25, 0.3) is 0 Å². The van der Waals surface area contributed by atoms with Gasteiger partial charge in [-0.2, -0.15) is 0 Å². The Morgan fingerprint density at radius 2 is 1.94 bits per heavy atom. The topological polar surface area (TPSA) is 56.7 Å². The van der Waals surface area contributed by atoms with E-state index in [2.05, 4.69) is 10.2 Å². The third-order valence-corrected chi connectivity index (χ3v) is 4.21. The predicted octanol–water partition coefficient (Wildman–Crippen LogP) is 3.24. The summed E-state index contributed by atoms with van der Waals surface area (Å²) in [4.78, 5) is 0. The summed E-state index contributed by atoms with van der Waals surface area (Å²) < 4.78 is 1.33. The molecule has 2 aromatic rings. The monoisotopic (exact) mass is 308 g/mol. The van der Waals surface area contributed by atoms with E-state index in [0.29, 0.717) is 26.0 Å². The number of hydrogen-bond acceptors (Lipinski definition) is 4. The maximum atomic E-state index is 6.07. The molecule has 1 heterocycles. The number of nitrogens with zero attached hydrogens (tertiary/aromatic N) is 3. The van der Waals surface area contributed by atoms with Crippen molar-refractivity contribution in [3.8, 4) is 0 Å². The fraction of sp³-hybridized carbons (Fsp3) is 0.111. The third-order valence-electron chi connectivity index (χ3n) is 2.02. The Labute approximate surface area is 117 Å². The molecule has 8 heteroatoms. The molecule has 0 aliphatic rings. The van der Waals surface area contributed by atoms with Gasteiger partial charge in [-0.05, 0) is 12.1 Å². The molecular formula is C9H7Cl3N4S. The number of rotatable bonds is 3. The van der Waals surface area contributed by atoms with Crippen molar-refractivity contribution in [2.24, 2.45) is 0 Å². The van der Waals surface area contributed by atoms with Gasteiger partial charge in [-0.3, -0.25) is 0 Å². The largest absolute Gasteiger partial charge is 0.336 e. The summed E-state index contributed by atoms with van der Waals surface area (Å²) in [5, 5.41) is 9.59. The molecule has 0 fully saturated rings. The Bertz CT molecular complexity index is 543. The van der Waals surface area contributed by atoms with Crippen LogP contribution in [-0.2, 0) is 5.75 Å². The van der Waals surface area contributed by atoms with Crippen LogP contribution in [-0.4, -0.2) is 14.9 Å². The van der Waals surface area contributed by atoms with Crippen molar-refractivity contribution in [3.63, 3.8) is 0 Å². The second kappa shape index (κ2) is 5.35. The summed E-state index contributed by atoms with van der Waals surface area (Å²) in [5.41, 5.74) is 0.758. The zero-order chi connectivity index (χ0) is 12.4. The average molecular weight is 310 g/mol. The standard InChI is InChI=1S/C9H7Cl3N4S/c10-6-1-2-7(11)8(12)5(6)3-17-9-15-14-4-16(9)13/h1-2,4H,3,13H2. The minimum absolute atomic E-state index is 0.453. The van der Waals surface area contributed by atoms with Crippen LogP contribution in [0.5, 0.6) is 0 Å². The number of aromatic nitrogens is 3. The molecule has 0 saturated carbocycles. The van der Waals surface area contributed by atoms with Gasteiger partial charge < -0.3 is 5.84 Å². The highest BCUT2D eigenvalue weighted by molar-refractivity contribution is 7.98. The maximum absolute atomic E-state index is 6.07. The van der Waals surface area contributed by atoms with Crippen LogP contribution in [0.2, 0.25) is 15.1 Å². The van der Waals surface area contributed by atoms with Gasteiger partial charge in [-0.1, -0.05) is 46.6 Å². The molecule has 2 rings (SSSR count). The van der Waals surface area contributed by atoms with Crippen LogP contribution in [0.3, 0.4) is 0 Å². The minimum Gasteiger partial charge on any atom is -0.336 e. The molecule has 0 amide bonds. The fourth-order valence-corrected chi connectivity index (χ4v) is 2.89. The molecule has 0 atom stereocenters. The lowest BCUT2D eigenvalue weighted by Gasteiger charge is -2.07. The van der Waals surface area contributed by atoms with Crippen molar-refractivity contribution in [2.75, 3.05) is 5.84 Å². The van der Waals surface area contributed by atoms with E-state index < -0.39 is 0 Å². The second-order valence-corrected chi connectivity index (χ2v) is 5.27. The first-order valence-corrected chi connectivity index (χ1v) is 6.62. The van der Waals surface area contributed by atoms with Gasteiger partial charge in [0.05, 0.1) is 10.0 Å².